The van der Waals surface area contributed by atoms with Crippen molar-refractivity contribution in [2.75, 3.05) is 19.6 Å². The van der Waals surface area contributed by atoms with Crippen LogP contribution in [0.25, 0.3) is 0 Å². The van der Waals surface area contributed by atoms with Crippen LogP contribution in [0.1, 0.15) is 40.9 Å². The van der Waals surface area contributed by atoms with Gasteiger partial charge in [-0.05, 0) is 42.8 Å². The van der Waals surface area contributed by atoms with Crippen molar-refractivity contribution in [2.45, 2.75) is 42.4 Å². The largest absolute Gasteiger partial charge is 0.416 e. The zero-order valence-electron chi connectivity index (χ0n) is 20.5. The Bertz CT molecular complexity index is 1420. The number of carbonyl (C=O) groups excluding carboxylic acids is 2. The Hall–Kier alpha value is -3.57. The van der Waals surface area contributed by atoms with Gasteiger partial charge in [0.1, 0.15) is 6.04 Å². The fourth-order valence-electron chi connectivity index (χ4n) is 4.44. The molecule has 2 aliphatic heterocycles. The average molecular weight is 571 g/mol. The molecule has 2 saturated heterocycles. The van der Waals surface area contributed by atoms with Crippen molar-refractivity contribution in [1.82, 2.24) is 14.5 Å². The predicted molar refractivity (Wildman–Crippen MR) is 127 cm³/mol. The van der Waals surface area contributed by atoms with Crippen LogP contribution < -0.4 is 5.32 Å². The van der Waals surface area contributed by atoms with E-state index >= 15 is 0 Å². The van der Waals surface area contributed by atoms with Gasteiger partial charge in [0.05, 0.1) is 35.0 Å². The van der Waals surface area contributed by atoms with E-state index in [0.29, 0.717) is 10.5 Å². The van der Waals surface area contributed by atoms with Crippen molar-refractivity contribution >= 4 is 21.8 Å². The molecule has 14 heteroatoms. The molecule has 0 radical (unpaired) electrons. The second-order valence-electron chi connectivity index (χ2n) is 9.53. The molecule has 208 valence electrons. The summed E-state index contributed by atoms with van der Waals surface area (Å²) in [5.74, 6) is -5.76. The molecular weight excluding hydrogens is 547 g/mol. The molecule has 4 rings (SSSR count). The first-order chi connectivity index (χ1) is 18.1. The highest BCUT2D eigenvalue weighted by molar-refractivity contribution is 7.89. The van der Waals surface area contributed by atoms with Crippen molar-refractivity contribution in [2.24, 2.45) is 5.92 Å². The Kier molecular flexibility index (Phi) is 7.44. The van der Waals surface area contributed by atoms with E-state index in [1.54, 1.807) is 0 Å². The molecule has 1 N–H and O–H groups in total. The van der Waals surface area contributed by atoms with E-state index in [1.165, 1.54) is 25.1 Å². The van der Waals surface area contributed by atoms with Crippen LogP contribution in [-0.4, -0.2) is 61.0 Å². The summed E-state index contributed by atoms with van der Waals surface area (Å²) in [6, 6.07) is 8.27. The molecule has 1 unspecified atom stereocenters. The molecule has 0 bridgehead atoms. The summed E-state index contributed by atoms with van der Waals surface area (Å²) in [5.41, 5.74) is -0.818. The van der Waals surface area contributed by atoms with Crippen molar-refractivity contribution in [3.8, 4) is 6.07 Å². The third-order valence-corrected chi connectivity index (χ3v) is 8.51. The highest BCUT2D eigenvalue weighted by Gasteiger charge is 2.50. The highest BCUT2D eigenvalue weighted by atomic mass is 32.2. The second-order valence-corrected chi connectivity index (χ2v) is 11.5. The standard InChI is InChI=1S/C25H23F5N4O4S/c1-15(17-5-7-19(8-6-17)25(28,29)30)32-22(35)21-10-24(26,27)14-34(21)23(36)18-3-2-4-20(9-18)39(37,38)33-12-16(11-31)13-33/h2-9,15-16,21H,10,12-14H2,1H3,(H,32,35)/t15?,21-/m1/s1. The van der Waals surface area contributed by atoms with Gasteiger partial charge in [0.2, 0.25) is 15.9 Å². The number of carbonyl (C=O) groups is 2. The smallest absolute Gasteiger partial charge is 0.348 e. The third-order valence-electron chi connectivity index (χ3n) is 6.68. The maximum atomic E-state index is 14.4. The number of rotatable bonds is 6. The lowest BCUT2D eigenvalue weighted by atomic mass is 10.0. The van der Waals surface area contributed by atoms with Gasteiger partial charge in [-0.3, -0.25) is 9.59 Å². The first kappa shape index (κ1) is 28.4. The van der Waals surface area contributed by atoms with E-state index < -0.39 is 70.5 Å². The Morgan fingerprint density at radius 2 is 1.77 bits per heavy atom. The summed E-state index contributed by atoms with van der Waals surface area (Å²) >= 11 is 0. The van der Waals surface area contributed by atoms with E-state index in [1.807, 2.05) is 6.07 Å². The van der Waals surface area contributed by atoms with Crippen LogP contribution in [0.5, 0.6) is 0 Å². The minimum atomic E-state index is -4.55. The summed E-state index contributed by atoms with van der Waals surface area (Å²) in [4.78, 5) is 26.6. The minimum absolute atomic E-state index is 0.00524. The van der Waals surface area contributed by atoms with Crippen LogP contribution in [-0.2, 0) is 21.0 Å². The van der Waals surface area contributed by atoms with E-state index in [-0.39, 0.29) is 23.5 Å². The molecule has 2 aromatic carbocycles. The van der Waals surface area contributed by atoms with Crippen molar-refractivity contribution in [3.05, 3.63) is 65.2 Å². The number of benzene rings is 2. The van der Waals surface area contributed by atoms with Crippen LogP contribution in [0.3, 0.4) is 0 Å². The van der Waals surface area contributed by atoms with Gasteiger partial charge in [0.25, 0.3) is 11.8 Å². The number of hydrogen-bond acceptors (Lipinski definition) is 5. The SMILES string of the molecule is CC(NC(=O)[C@H]1CC(F)(F)CN1C(=O)c1cccc(S(=O)(=O)N2CC(C#N)C2)c1)c1ccc(C(F)(F)F)cc1. The number of nitrogens with one attached hydrogen (secondary N) is 1. The summed E-state index contributed by atoms with van der Waals surface area (Å²) in [6.45, 7) is 0.371. The van der Waals surface area contributed by atoms with Crippen LogP contribution in [0.15, 0.2) is 53.4 Å². The number of amides is 2. The third kappa shape index (κ3) is 5.89. The summed E-state index contributed by atoms with van der Waals surface area (Å²) < 4.78 is 94.0. The number of sulfonamides is 1. The van der Waals surface area contributed by atoms with Gasteiger partial charge in [0, 0.05) is 25.1 Å². The first-order valence-corrected chi connectivity index (χ1v) is 13.2. The van der Waals surface area contributed by atoms with Crippen molar-refractivity contribution < 1.29 is 40.0 Å². The zero-order valence-corrected chi connectivity index (χ0v) is 21.3. The van der Waals surface area contributed by atoms with E-state index in [2.05, 4.69) is 5.32 Å². The van der Waals surface area contributed by atoms with Crippen molar-refractivity contribution in [3.63, 3.8) is 0 Å². The van der Waals surface area contributed by atoms with Crippen LogP contribution >= 0.6 is 0 Å². The van der Waals surface area contributed by atoms with Gasteiger partial charge in [0.15, 0.2) is 0 Å². The molecule has 2 amide bonds. The molecule has 2 atom stereocenters. The molecule has 0 aliphatic carbocycles. The monoisotopic (exact) mass is 570 g/mol. The minimum Gasteiger partial charge on any atom is -0.348 e. The molecule has 39 heavy (non-hydrogen) atoms. The quantitative estimate of drug-likeness (QED) is 0.534. The first-order valence-electron chi connectivity index (χ1n) is 11.8. The van der Waals surface area contributed by atoms with Crippen molar-refractivity contribution in [1.29, 1.82) is 5.26 Å². The van der Waals surface area contributed by atoms with E-state index in [9.17, 15) is 40.0 Å². The molecule has 2 aromatic rings. The normalized spacial score (nSPS) is 20.6. The fraction of sp³-hybridized carbons (Fsp3) is 0.400. The molecule has 0 saturated carbocycles. The number of halogens is 5. The van der Waals surface area contributed by atoms with E-state index in [4.69, 9.17) is 5.26 Å². The Balaban J connectivity index is 1.51. The lowest BCUT2D eigenvalue weighted by Gasteiger charge is -2.34. The molecule has 2 aliphatic rings. The number of nitriles is 1. The van der Waals surface area contributed by atoms with Gasteiger partial charge in [-0.25, -0.2) is 17.2 Å². The number of alkyl halides is 5. The Labute approximate surface area is 221 Å². The number of likely N-dealkylation sites (tertiary alicyclic amines) is 1. The average Bonchev–Trinajstić information content (AvgIpc) is 3.18. The molecule has 2 fully saturated rings. The van der Waals surface area contributed by atoms with Gasteiger partial charge in [-0.15, -0.1) is 0 Å². The molecule has 0 aromatic heterocycles. The summed E-state index contributed by atoms with van der Waals surface area (Å²) in [7, 11) is -4.02. The lowest BCUT2D eigenvalue weighted by molar-refractivity contribution is -0.137. The molecule has 8 nitrogen and oxygen atoms in total. The Morgan fingerprint density at radius 3 is 2.36 bits per heavy atom. The molecule has 0 spiro atoms. The predicted octanol–water partition coefficient (Wildman–Crippen LogP) is 3.58. The second kappa shape index (κ2) is 10.2. The maximum Gasteiger partial charge on any atom is 0.416 e. The van der Waals surface area contributed by atoms with Gasteiger partial charge >= 0.3 is 6.18 Å². The van der Waals surface area contributed by atoms with Gasteiger partial charge in [-0.2, -0.15) is 22.7 Å². The van der Waals surface area contributed by atoms with E-state index in [0.717, 1.165) is 34.6 Å². The van der Waals surface area contributed by atoms with Crippen LogP contribution in [0, 0.1) is 17.2 Å². The van der Waals surface area contributed by atoms with Crippen LogP contribution in [0.2, 0.25) is 0 Å². The highest BCUT2D eigenvalue weighted by Crippen LogP contribution is 2.35. The maximum absolute atomic E-state index is 14.4. The Morgan fingerprint density at radius 1 is 1.13 bits per heavy atom. The zero-order chi connectivity index (χ0) is 28.8. The summed E-state index contributed by atoms with van der Waals surface area (Å²) in [5, 5.41) is 11.4. The van der Waals surface area contributed by atoms with Gasteiger partial charge in [-0.1, -0.05) is 18.2 Å². The lowest BCUT2D eigenvalue weighted by Crippen LogP contribution is -2.49. The molecular formula is C25H23F5N4O4S. The number of nitrogens with zero attached hydrogens (tertiary/aromatic N) is 3. The molecule has 2 heterocycles. The number of hydrogen-bond donors (Lipinski definition) is 1. The van der Waals surface area contributed by atoms with Gasteiger partial charge < -0.3 is 10.2 Å². The van der Waals surface area contributed by atoms with Crippen LogP contribution in [0.4, 0.5) is 22.0 Å². The fourth-order valence-corrected chi connectivity index (χ4v) is 6.02. The topological polar surface area (TPSA) is 111 Å². The summed E-state index contributed by atoms with van der Waals surface area (Å²) in [6.07, 6.45) is -5.53.